The highest BCUT2D eigenvalue weighted by molar-refractivity contribution is 5.90. The van der Waals surface area contributed by atoms with E-state index in [1.807, 2.05) is 18.2 Å². The molecule has 0 aromatic heterocycles. The molecule has 2 fully saturated rings. The van der Waals surface area contributed by atoms with E-state index in [9.17, 15) is 4.79 Å². The van der Waals surface area contributed by atoms with Crippen molar-refractivity contribution in [3.63, 3.8) is 0 Å². The van der Waals surface area contributed by atoms with Crippen molar-refractivity contribution in [2.45, 2.75) is 51.4 Å². The minimum atomic E-state index is -0.316. The average Bonchev–Trinajstić information content (AvgIpc) is 2.67. The van der Waals surface area contributed by atoms with Gasteiger partial charge in [0.05, 0.1) is 12.7 Å². The van der Waals surface area contributed by atoms with E-state index in [0.717, 1.165) is 29.1 Å². The largest absolute Gasteiger partial charge is 0.465 e. The molecule has 2 aromatic carbocycles. The summed E-state index contributed by atoms with van der Waals surface area (Å²) < 4.78 is 4.81. The van der Waals surface area contributed by atoms with Crippen LogP contribution in [0.1, 0.15) is 61.9 Å². The van der Waals surface area contributed by atoms with Gasteiger partial charge in [0, 0.05) is 11.4 Å². The average molecular weight is 378 g/mol. The molecule has 0 radical (unpaired) electrons. The number of carbonyl (C=O) groups excluding carboxylic acids is 1. The Balaban J connectivity index is 1.48. The number of ether oxygens (including phenoxy) is 1. The third-order valence-corrected chi connectivity index (χ3v) is 6.77. The van der Waals surface area contributed by atoms with E-state index in [1.165, 1.54) is 44.8 Å². The van der Waals surface area contributed by atoms with Crippen molar-refractivity contribution in [1.29, 1.82) is 0 Å². The zero-order valence-corrected chi connectivity index (χ0v) is 17.2. The van der Waals surface area contributed by atoms with Crippen LogP contribution in [-0.4, -0.2) is 13.1 Å². The molecule has 2 aliphatic rings. The molecule has 2 unspecified atom stereocenters. The SMILES string of the molecule is COC(=O)c1cccc(Nc2ccc(C3(C)CC4CC(C)CC(C4)C3)cc2)c1. The van der Waals surface area contributed by atoms with Gasteiger partial charge in [-0.15, -0.1) is 0 Å². The fourth-order valence-electron chi connectivity index (χ4n) is 5.79. The van der Waals surface area contributed by atoms with Crippen molar-refractivity contribution >= 4 is 17.3 Å². The van der Waals surface area contributed by atoms with Crippen LogP contribution in [-0.2, 0) is 10.2 Å². The van der Waals surface area contributed by atoms with E-state index in [1.54, 1.807) is 6.07 Å². The van der Waals surface area contributed by atoms with Crippen LogP contribution in [0.25, 0.3) is 0 Å². The van der Waals surface area contributed by atoms with Gasteiger partial charge in [0.25, 0.3) is 0 Å². The molecule has 3 heteroatoms. The zero-order chi connectivity index (χ0) is 19.7. The van der Waals surface area contributed by atoms with Gasteiger partial charge < -0.3 is 10.1 Å². The Labute approximate surface area is 168 Å². The molecule has 0 heterocycles. The van der Waals surface area contributed by atoms with Gasteiger partial charge in [-0.25, -0.2) is 4.79 Å². The van der Waals surface area contributed by atoms with Crippen LogP contribution in [0, 0.1) is 17.8 Å². The van der Waals surface area contributed by atoms with Crippen molar-refractivity contribution in [2.75, 3.05) is 12.4 Å². The Hall–Kier alpha value is -2.29. The lowest BCUT2D eigenvalue weighted by atomic mass is 9.57. The second-order valence-corrected chi connectivity index (χ2v) is 9.29. The molecule has 2 saturated carbocycles. The summed E-state index contributed by atoms with van der Waals surface area (Å²) in [4.78, 5) is 11.7. The molecular formula is C25H31NO2. The normalized spacial score (nSPS) is 29.2. The third kappa shape index (κ3) is 3.94. The molecule has 4 rings (SSSR count). The Kier molecular flexibility index (Phi) is 5.18. The van der Waals surface area contributed by atoms with E-state index in [0.29, 0.717) is 11.0 Å². The van der Waals surface area contributed by atoms with Gasteiger partial charge in [0.15, 0.2) is 0 Å². The van der Waals surface area contributed by atoms with Crippen molar-refractivity contribution < 1.29 is 9.53 Å². The maximum absolute atomic E-state index is 11.7. The van der Waals surface area contributed by atoms with Crippen LogP contribution in [0.4, 0.5) is 11.4 Å². The van der Waals surface area contributed by atoms with Crippen molar-refractivity contribution in [3.05, 3.63) is 59.7 Å². The highest BCUT2D eigenvalue weighted by atomic mass is 16.5. The van der Waals surface area contributed by atoms with Gasteiger partial charge in [-0.05, 0) is 91.2 Å². The molecule has 28 heavy (non-hydrogen) atoms. The van der Waals surface area contributed by atoms with Crippen LogP contribution in [0.2, 0.25) is 0 Å². The summed E-state index contributed by atoms with van der Waals surface area (Å²) in [7, 11) is 1.40. The number of esters is 1. The molecule has 0 amide bonds. The van der Waals surface area contributed by atoms with E-state index < -0.39 is 0 Å². The maximum atomic E-state index is 11.7. The van der Waals surface area contributed by atoms with Gasteiger partial charge in [-0.2, -0.15) is 0 Å². The van der Waals surface area contributed by atoms with Crippen LogP contribution >= 0.6 is 0 Å². The first-order valence-corrected chi connectivity index (χ1v) is 10.5. The van der Waals surface area contributed by atoms with Gasteiger partial charge in [-0.3, -0.25) is 0 Å². The number of fused-ring (bicyclic) bond motifs is 2. The first-order valence-electron chi connectivity index (χ1n) is 10.5. The fraction of sp³-hybridized carbons (Fsp3) is 0.480. The van der Waals surface area contributed by atoms with Crippen LogP contribution < -0.4 is 5.32 Å². The van der Waals surface area contributed by atoms with Gasteiger partial charge in [0.1, 0.15) is 0 Å². The summed E-state index contributed by atoms with van der Waals surface area (Å²) in [5.41, 5.74) is 4.25. The van der Waals surface area contributed by atoms with Gasteiger partial charge in [0.2, 0.25) is 0 Å². The lowest BCUT2D eigenvalue weighted by Crippen LogP contribution is -2.38. The minimum Gasteiger partial charge on any atom is -0.465 e. The number of anilines is 2. The summed E-state index contributed by atoms with van der Waals surface area (Å²) >= 11 is 0. The highest BCUT2D eigenvalue weighted by Crippen LogP contribution is 2.51. The van der Waals surface area contributed by atoms with Gasteiger partial charge >= 0.3 is 5.97 Å². The Morgan fingerprint density at radius 1 is 1.00 bits per heavy atom. The number of nitrogens with one attached hydrogen (secondary N) is 1. The Morgan fingerprint density at radius 3 is 2.32 bits per heavy atom. The summed E-state index contributed by atoms with van der Waals surface area (Å²) in [6.07, 6.45) is 6.89. The second kappa shape index (κ2) is 7.62. The molecule has 2 atom stereocenters. The Bertz CT molecular complexity index is 824. The molecule has 148 valence electrons. The first kappa shape index (κ1) is 19.0. The summed E-state index contributed by atoms with van der Waals surface area (Å²) in [5, 5.41) is 3.40. The number of rotatable bonds is 4. The molecule has 0 aliphatic heterocycles. The van der Waals surface area contributed by atoms with Crippen molar-refractivity contribution in [3.8, 4) is 0 Å². The fourth-order valence-corrected chi connectivity index (χ4v) is 5.79. The quantitative estimate of drug-likeness (QED) is 0.634. The minimum absolute atomic E-state index is 0.303. The standard InChI is InChI=1S/C25H31NO2/c1-17-11-18-13-19(12-17)16-25(2,15-18)21-7-9-22(10-8-21)26-23-6-4-5-20(14-23)24(27)28-3/h4-10,14,17-19,26H,11-13,15-16H2,1-3H3. The zero-order valence-electron chi connectivity index (χ0n) is 17.2. The van der Waals surface area contributed by atoms with E-state index >= 15 is 0 Å². The molecule has 2 bridgehead atoms. The highest BCUT2D eigenvalue weighted by Gasteiger charge is 2.41. The monoisotopic (exact) mass is 377 g/mol. The number of benzene rings is 2. The number of methoxy groups -OCH3 is 1. The summed E-state index contributed by atoms with van der Waals surface area (Å²) in [6, 6.07) is 16.3. The van der Waals surface area contributed by atoms with E-state index in [-0.39, 0.29) is 5.97 Å². The molecule has 3 nitrogen and oxygen atoms in total. The third-order valence-electron chi connectivity index (χ3n) is 6.77. The van der Waals surface area contributed by atoms with E-state index in [4.69, 9.17) is 4.74 Å². The first-order chi connectivity index (χ1) is 13.4. The van der Waals surface area contributed by atoms with Crippen molar-refractivity contribution in [2.24, 2.45) is 17.8 Å². The van der Waals surface area contributed by atoms with Gasteiger partial charge in [-0.1, -0.05) is 32.0 Å². The summed E-state index contributed by atoms with van der Waals surface area (Å²) in [5.74, 6) is 2.38. The molecule has 1 N–H and O–H groups in total. The number of carbonyl (C=O) groups is 1. The smallest absolute Gasteiger partial charge is 0.337 e. The topological polar surface area (TPSA) is 38.3 Å². The predicted molar refractivity (Wildman–Crippen MR) is 114 cm³/mol. The van der Waals surface area contributed by atoms with Crippen LogP contribution in [0.15, 0.2) is 48.5 Å². The lowest BCUT2D eigenvalue weighted by molar-refractivity contribution is 0.0600. The van der Waals surface area contributed by atoms with Crippen LogP contribution in [0.5, 0.6) is 0 Å². The number of hydrogen-bond acceptors (Lipinski definition) is 3. The predicted octanol–water partition coefficient (Wildman–Crippen LogP) is 6.32. The molecule has 2 aliphatic carbocycles. The molecule has 2 aromatic rings. The molecular weight excluding hydrogens is 346 g/mol. The number of hydrogen-bond donors (Lipinski definition) is 1. The molecule has 0 saturated heterocycles. The lowest BCUT2D eigenvalue weighted by Gasteiger charge is -2.47. The Morgan fingerprint density at radius 2 is 1.68 bits per heavy atom. The van der Waals surface area contributed by atoms with Crippen LogP contribution in [0.3, 0.4) is 0 Å². The maximum Gasteiger partial charge on any atom is 0.337 e. The second-order valence-electron chi connectivity index (χ2n) is 9.29. The van der Waals surface area contributed by atoms with E-state index in [2.05, 4.69) is 43.4 Å². The summed E-state index contributed by atoms with van der Waals surface area (Å²) in [6.45, 7) is 4.89. The molecule has 0 spiro atoms. The van der Waals surface area contributed by atoms with Crippen molar-refractivity contribution in [1.82, 2.24) is 0 Å².